The summed E-state index contributed by atoms with van der Waals surface area (Å²) in [4.78, 5) is 21.0. The number of benzene rings is 1. The van der Waals surface area contributed by atoms with E-state index in [9.17, 15) is 18.0 Å². The van der Waals surface area contributed by atoms with Gasteiger partial charge in [0.05, 0.1) is 5.56 Å². The molecule has 1 fully saturated rings. The Bertz CT molecular complexity index is 750. The molecule has 1 aromatic heterocycles. The molecule has 126 valence electrons. The van der Waals surface area contributed by atoms with Gasteiger partial charge in [0.15, 0.2) is 5.78 Å². The minimum Gasteiger partial charge on any atom is -0.294 e. The van der Waals surface area contributed by atoms with Crippen molar-refractivity contribution in [3.8, 4) is 0 Å². The van der Waals surface area contributed by atoms with E-state index < -0.39 is 17.5 Å². The number of ketones is 1. The molecule has 1 aromatic carbocycles. The smallest absolute Gasteiger partial charge is 0.294 e. The van der Waals surface area contributed by atoms with Crippen LogP contribution in [0.2, 0.25) is 0 Å². The number of aromatic nitrogens is 2. The molecular weight excluding hydrogens is 317 g/mol. The topological polar surface area (TPSA) is 42.9 Å². The molecule has 3 nitrogen and oxygen atoms in total. The second-order valence-corrected chi connectivity index (χ2v) is 6.33. The van der Waals surface area contributed by atoms with Gasteiger partial charge in [0.2, 0.25) is 0 Å². The number of Topliss-reactive ketones (excluding diaryl/α,β-unsaturated/α-hetero) is 1. The summed E-state index contributed by atoms with van der Waals surface area (Å²) in [6, 6.07) is 4.94. The summed E-state index contributed by atoms with van der Waals surface area (Å²) in [6.45, 7) is 1.89. The molecule has 6 heteroatoms. The number of nitrogens with zero attached hydrogens (tertiary/aromatic N) is 2. The van der Waals surface area contributed by atoms with Gasteiger partial charge in [-0.15, -0.1) is 0 Å². The third-order valence-electron chi connectivity index (χ3n) is 4.47. The van der Waals surface area contributed by atoms with Gasteiger partial charge in [-0.25, -0.2) is 9.97 Å². The molecule has 1 aliphatic carbocycles. The first-order chi connectivity index (χ1) is 11.3. The average molecular weight is 334 g/mol. The predicted molar refractivity (Wildman–Crippen MR) is 82.7 cm³/mol. The van der Waals surface area contributed by atoms with Crippen LogP contribution in [0.5, 0.6) is 0 Å². The number of carbonyl (C=O) groups is 1. The summed E-state index contributed by atoms with van der Waals surface area (Å²) in [5, 5.41) is 0. The standard InChI is InChI=1S/C18H17F3N2O/c1-12-10-22-16(23-11-12)17(8-9-17)7-6-15(24)13-4-2-3-5-14(13)18(19,20)21/h2-5,10-11H,6-9H2,1H3. The highest BCUT2D eigenvalue weighted by Crippen LogP contribution is 2.50. The fourth-order valence-electron chi connectivity index (χ4n) is 2.86. The van der Waals surface area contributed by atoms with E-state index in [1.807, 2.05) is 6.92 Å². The summed E-state index contributed by atoms with van der Waals surface area (Å²) < 4.78 is 39.1. The lowest BCUT2D eigenvalue weighted by Gasteiger charge is -2.15. The van der Waals surface area contributed by atoms with E-state index in [4.69, 9.17) is 0 Å². The van der Waals surface area contributed by atoms with Gasteiger partial charge in [0.1, 0.15) is 5.82 Å². The number of carbonyl (C=O) groups excluding carboxylic acids is 1. The van der Waals surface area contributed by atoms with Crippen molar-refractivity contribution in [1.29, 1.82) is 0 Å². The quantitative estimate of drug-likeness (QED) is 0.756. The Hall–Kier alpha value is -2.24. The summed E-state index contributed by atoms with van der Waals surface area (Å²) in [5.74, 6) is 0.200. The molecule has 0 atom stereocenters. The second kappa shape index (κ2) is 6.00. The largest absolute Gasteiger partial charge is 0.417 e. The van der Waals surface area contributed by atoms with Crippen LogP contribution in [-0.4, -0.2) is 15.8 Å². The van der Waals surface area contributed by atoms with Gasteiger partial charge in [0, 0.05) is 29.8 Å². The first kappa shape index (κ1) is 16.6. The van der Waals surface area contributed by atoms with Crippen molar-refractivity contribution in [2.45, 2.75) is 44.2 Å². The fourth-order valence-corrected chi connectivity index (χ4v) is 2.86. The predicted octanol–water partition coefficient (Wildman–Crippen LogP) is 4.50. The number of hydrogen-bond donors (Lipinski definition) is 0. The molecule has 0 amide bonds. The van der Waals surface area contributed by atoms with Gasteiger partial charge in [-0.1, -0.05) is 18.2 Å². The molecule has 0 saturated heterocycles. The van der Waals surface area contributed by atoms with Crippen molar-refractivity contribution in [3.63, 3.8) is 0 Å². The molecular formula is C18H17F3N2O. The molecule has 1 aliphatic rings. The highest BCUT2D eigenvalue weighted by atomic mass is 19.4. The summed E-state index contributed by atoms with van der Waals surface area (Å²) >= 11 is 0. The molecule has 1 heterocycles. The van der Waals surface area contributed by atoms with Crippen LogP contribution in [0.25, 0.3) is 0 Å². The van der Waals surface area contributed by atoms with Crippen LogP contribution in [0.1, 0.15) is 53.0 Å². The minimum atomic E-state index is -4.52. The van der Waals surface area contributed by atoms with Gasteiger partial charge in [0.25, 0.3) is 0 Å². The molecule has 0 aliphatic heterocycles. The molecule has 0 unspecified atom stereocenters. The lowest BCUT2D eigenvalue weighted by atomic mass is 9.93. The maximum atomic E-state index is 13.0. The zero-order valence-electron chi connectivity index (χ0n) is 13.2. The fraction of sp³-hybridized carbons (Fsp3) is 0.389. The Balaban J connectivity index is 1.74. The monoisotopic (exact) mass is 334 g/mol. The van der Waals surface area contributed by atoms with Crippen molar-refractivity contribution >= 4 is 5.78 Å². The zero-order chi connectivity index (χ0) is 17.4. The summed E-state index contributed by atoms with van der Waals surface area (Å²) in [6.07, 6.45) is 1.19. The Labute approximate surface area is 137 Å². The van der Waals surface area contributed by atoms with Crippen LogP contribution >= 0.6 is 0 Å². The number of aryl methyl sites for hydroxylation is 1. The number of alkyl halides is 3. The highest BCUT2D eigenvalue weighted by molar-refractivity contribution is 5.97. The van der Waals surface area contributed by atoms with Crippen molar-refractivity contribution < 1.29 is 18.0 Å². The zero-order valence-corrected chi connectivity index (χ0v) is 13.2. The maximum absolute atomic E-state index is 13.0. The lowest BCUT2D eigenvalue weighted by Crippen LogP contribution is -2.16. The first-order valence-corrected chi connectivity index (χ1v) is 7.80. The maximum Gasteiger partial charge on any atom is 0.417 e. The van der Waals surface area contributed by atoms with Crippen LogP contribution in [0.15, 0.2) is 36.7 Å². The van der Waals surface area contributed by atoms with Gasteiger partial charge < -0.3 is 0 Å². The third-order valence-corrected chi connectivity index (χ3v) is 4.47. The van der Waals surface area contributed by atoms with E-state index in [-0.39, 0.29) is 17.4 Å². The molecule has 3 rings (SSSR count). The normalized spacial score (nSPS) is 16.0. The van der Waals surface area contributed by atoms with Gasteiger partial charge >= 0.3 is 6.18 Å². The molecule has 0 N–H and O–H groups in total. The first-order valence-electron chi connectivity index (χ1n) is 7.80. The molecule has 0 radical (unpaired) electrons. The Morgan fingerprint density at radius 2 is 1.79 bits per heavy atom. The summed E-state index contributed by atoms with van der Waals surface area (Å²) in [5.41, 5.74) is -0.432. The van der Waals surface area contributed by atoms with Crippen molar-refractivity contribution in [2.24, 2.45) is 0 Å². The number of hydrogen-bond acceptors (Lipinski definition) is 3. The molecule has 0 spiro atoms. The van der Waals surface area contributed by atoms with E-state index in [0.717, 1.165) is 24.5 Å². The van der Waals surface area contributed by atoms with E-state index in [1.165, 1.54) is 18.2 Å². The molecule has 2 aromatic rings. The number of halogens is 3. The van der Waals surface area contributed by atoms with E-state index in [0.29, 0.717) is 12.2 Å². The van der Waals surface area contributed by atoms with Crippen molar-refractivity contribution in [2.75, 3.05) is 0 Å². The second-order valence-electron chi connectivity index (χ2n) is 6.33. The number of rotatable bonds is 5. The van der Waals surface area contributed by atoms with E-state index in [2.05, 4.69) is 9.97 Å². The van der Waals surface area contributed by atoms with Crippen molar-refractivity contribution in [1.82, 2.24) is 9.97 Å². The van der Waals surface area contributed by atoms with Crippen molar-refractivity contribution in [3.05, 3.63) is 59.2 Å². The van der Waals surface area contributed by atoms with Gasteiger partial charge in [-0.05, 0) is 37.8 Å². The highest BCUT2D eigenvalue weighted by Gasteiger charge is 2.47. The third kappa shape index (κ3) is 3.32. The van der Waals surface area contributed by atoms with Gasteiger partial charge in [-0.2, -0.15) is 13.2 Å². The Kier molecular flexibility index (Phi) is 4.15. The molecule has 0 bridgehead atoms. The minimum absolute atomic E-state index is 0.0599. The van der Waals surface area contributed by atoms with E-state index in [1.54, 1.807) is 12.4 Å². The Morgan fingerprint density at radius 1 is 1.17 bits per heavy atom. The van der Waals surface area contributed by atoms with E-state index >= 15 is 0 Å². The molecule has 24 heavy (non-hydrogen) atoms. The van der Waals surface area contributed by atoms with Gasteiger partial charge in [-0.3, -0.25) is 4.79 Å². The summed E-state index contributed by atoms with van der Waals surface area (Å²) in [7, 11) is 0. The molecule has 1 saturated carbocycles. The average Bonchev–Trinajstić information content (AvgIpc) is 3.33. The van der Waals surface area contributed by atoms with Crippen LogP contribution in [0, 0.1) is 6.92 Å². The Morgan fingerprint density at radius 3 is 2.38 bits per heavy atom. The van der Waals surface area contributed by atoms with Crippen LogP contribution < -0.4 is 0 Å². The van der Waals surface area contributed by atoms with Crippen LogP contribution in [0.4, 0.5) is 13.2 Å². The van der Waals surface area contributed by atoms with Crippen LogP contribution in [-0.2, 0) is 11.6 Å². The van der Waals surface area contributed by atoms with Crippen LogP contribution in [0.3, 0.4) is 0 Å². The SMILES string of the molecule is Cc1cnc(C2(CCC(=O)c3ccccc3C(F)(F)F)CC2)nc1. The lowest BCUT2D eigenvalue weighted by molar-refractivity contribution is -0.137.